The molecule has 1 aromatic carbocycles. The van der Waals surface area contributed by atoms with E-state index < -0.39 is 23.6 Å². The molecule has 0 saturated carbocycles. The van der Waals surface area contributed by atoms with Crippen LogP contribution in [0.4, 0.5) is 0 Å². The van der Waals surface area contributed by atoms with Gasteiger partial charge in [-0.05, 0) is 42.9 Å². The lowest BCUT2D eigenvalue weighted by Crippen LogP contribution is -2.57. The van der Waals surface area contributed by atoms with Crippen LogP contribution in [0.25, 0.3) is 10.4 Å². The molecule has 202 valence electrons. The summed E-state index contributed by atoms with van der Waals surface area (Å²) >= 11 is 1.59. The van der Waals surface area contributed by atoms with E-state index in [4.69, 9.17) is 5.73 Å². The van der Waals surface area contributed by atoms with E-state index in [1.807, 2.05) is 57.5 Å². The number of carbonyl (C=O) groups excluding carboxylic acids is 3. The molecule has 37 heavy (non-hydrogen) atoms. The van der Waals surface area contributed by atoms with Crippen molar-refractivity contribution >= 4 is 29.1 Å². The van der Waals surface area contributed by atoms with Crippen molar-refractivity contribution in [3.8, 4) is 10.4 Å². The van der Waals surface area contributed by atoms with Crippen LogP contribution in [-0.4, -0.2) is 64.0 Å². The van der Waals surface area contributed by atoms with Crippen molar-refractivity contribution in [3.05, 3.63) is 41.0 Å². The van der Waals surface area contributed by atoms with E-state index in [-0.39, 0.29) is 37.1 Å². The number of unbranched alkanes of at least 4 members (excludes halogenated alkanes) is 1. The fraction of sp³-hybridized carbons (Fsp3) is 0.556. The van der Waals surface area contributed by atoms with E-state index >= 15 is 0 Å². The average molecular weight is 530 g/mol. The second-order valence-electron chi connectivity index (χ2n) is 10.7. The number of β-amino-alcohol motifs (C(OH)–C–C–N with tert-alkyl or cyclic N) is 1. The number of hydrogen-bond acceptors (Lipinski definition) is 7. The number of aliphatic hydroxyl groups excluding tert-OH is 1. The molecule has 2 heterocycles. The Bertz CT molecular complexity index is 1080. The Balaban J connectivity index is 1.65. The van der Waals surface area contributed by atoms with Crippen molar-refractivity contribution in [2.24, 2.45) is 11.1 Å². The number of carbonyl (C=O) groups is 3. The van der Waals surface area contributed by atoms with Crippen molar-refractivity contribution in [2.45, 2.75) is 78.1 Å². The summed E-state index contributed by atoms with van der Waals surface area (Å²) in [4.78, 5) is 46.0. The standard InChI is InChI=1S/C27H39N5O4S/c1-17-23(37-16-30-17)19-10-8-18(9-11-19)14-29-25(35)21-13-20(33)15-32(21)26(36)24(27(2,3)4)31-22(34)7-5-6-12-28/h8-11,16,20-21,24,33H,5-7,12-15,28H2,1-4H3,(H,29,35)(H,31,34)/t20-,21+,24-/m1/s1. The van der Waals surface area contributed by atoms with E-state index in [1.165, 1.54) is 4.90 Å². The fourth-order valence-electron chi connectivity index (χ4n) is 4.44. The van der Waals surface area contributed by atoms with E-state index in [9.17, 15) is 19.5 Å². The zero-order valence-electron chi connectivity index (χ0n) is 22.1. The second-order valence-corrected chi connectivity index (χ2v) is 11.5. The number of hydrogen-bond donors (Lipinski definition) is 4. The maximum Gasteiger partial charge on any atom is 0.246 e. The molecule has 1 saturated heterocycles. The molecule has 1 aliphatic rings. The summed E-state index contributed by atoms with van der Waals surface area (Å²) in [6.07, 6.45) is 1.01. The Kier molecular flexibility index (Phi) is 9.80. The van der Waals surface area contributed by atoms with Crippen molar-refractivity contribution in [3.63, 3.8) is 0 Å². The molecule has 1 fully saturated rings. The highest BCUT2D eigenvalue weighted by Gasteiger charge is 2.44. The third-order valence-corrected chi connectivity index (χ3v) is 7.55. The van der Waals surface area contributed by atoms with E-state index in [2.05, 4.69) is 15.6 Å². The molecule has 3 rings (SSSR count). The van der Waals surface area contributed by atoms with Crippen LogP contribution < -0.4 is 16.4 Å². The largest absolute Gasteiger partial charge is 0.391 e. The normalized spacial score (nSPS) is 18.5. The Morgan fingerprint density at radius 3 is 2.51 bits per heavy atom. The Labute approximate surface area is 222 Å². The van der Waals surface area contributed by atoms with Gasteiger partial charge in [-0.25, -0.2) is 4.98 Å². The highest BCUT2D eigenvalue weighted by molar-refractivity contribution is 7.13. The highest BCUT2D eigenvalue weighted by atomic mass is 32.1. The van der Waals surface area contributed by atoms with Crippen LogP contribution in [0.15, 0.2) is 29.8 Å². The van der Waals surface area contributed by atoms with Gasteiger partial charge in [0.15, 0.2) is 0 Å². The van der Waals surface area contributed by atoms with Gasteiger partial charge in [0, 0.05) is 25.9 Å². The van der Waals surface area contributed by atoms with Gasteiger partial charge in [0.2, 0.25) is 17.7 Å². The molecule has 2 aromatic rings. The topological polar surface area (TPSA) is 138 Å². The van der Waals surface area contributed by atoms with Crippen LogP contribution in [0, 0.1) is 12.3 Å². The molecule has 9 nitrogen and oxygen atoms in total. The van der Waals surface area contributed by atoms with E-state index in [0.717, 1.165) is 28.1 Å². The number of rotatable bonds is 10. The number of nitrogens with one attached hydrogen (secondary N) is 2. The lowest BCUT2D eigenvalue weighted by atomic mass is 9.85. The molecule has 0 bridgehead atoms. The molecule has 3 amide bonds. The average Bonchev–Trinajstić information content (AvgIpc) is 3.46. The van der Waals surface area contributed by atoms with Crippen LogP contribution in [0.2, 0.25) is 0 Å². The number of aromatic nitrogens is 1. The lowest BCUT2D eigenvalue weighted by molar-refractivity contribution is -0.144. The molecular formula is C27H39N5O4S. The van der Waals surface area contributed by atoms with Crippen LogP contribution in [0.1, 0.15) is 57.7 Å². The van der Waals surface area contributed by atoms with Gasteiger partial charge in [-0.15, -0.1) is 11.3 Å². The summed E-state index contributed by atoms with van der Waals surface area (Å²) in [5.74, 6) is -0.908. The van der Waals surface area contributed by atoms with Crippen molar-refractivity contribution in [1.29, 1.82) is 0 Å². The summed E-state index contributed by atoms with van der Waals surface area (Å²) in [5.41, 5.74) is 9.73. The predicted octanol–water partition coefficient (Wildman–Crippen LogP) is 2.36. The smallest absolute Gasteiger partial charge is 0.246 e. The quantitative estimate of drug-likeness (QED) is 0.349. The van der Waals surface area contributed by atoms with Crippen molar-refractivity contribution < 1.29 is 19.5 Å². The molecule has 3 atom stereocenters. The number of aryl methyl sites for hydroxylation is 1. The van der Waals surface area contributed by atoms with Gasteiger partial charge in [-0.1, -0.05) is 45.0 Å². The molecule has 5 N–H and O–H groups in total. The summed E-state index contributed by atoms with van der Waals surface area (Å²) in [7, 11) is 0. The predicted molar refractivity (Wildman–Crippen MR) is 145 cm³/mol. The zero-order chi connectivity index (χ0) is 27.2. The van der Waals surface area contributed by atoms with Crippen molar-refractivity contribution in [1.82, 2.24) is 20.5 Å². The number of thiazole rings is 1. The van der Waals surface area contributed by atoms with E-state index in [0.29, 0.717) is 19.5 Å². The molecule has 0 radical (unpaired) electrons. The zero-order valence-corrected chi connectivity index (χ0v) is 22.9. The van der Waals surface area contributed by atoms with Gasteiger partial charge >= 0.3 is 0 Å². The number of nitrogens with zero attached hydrogens (tertiary/aromatic N) is 2. The molecule has 0 unspecified atom stereocenters. The van der Waals surface area contributed by atoms with Gasteiger partial charge in [0.25, 0.3) is 0 Å². The molecule has 10 heteroatoms. The van der Waals surface area contributed by atoms with E-state index in [1.54, 1.807) is 11.3 Å². The monoisotopic (exact) mass is 529 g/mol. The third kappa shape index (κ3) is 7.59. The summed E-state index contributed by atoms with van der Waals surface area (Å²) < 4.78 is 0. The fourth-order valence-corrected chi connectivity index (χ4v) is 5.26. The van der Waals surface area contributed by atoms with Crippen LogP contribution in [-0.2, 0) is 20.9 Å². The van der Waals surface area contributed by atoms with Gasteiger partial charge in [0.1, 0.15) is 12.1 Å². The minimum Gasteiger partial charge on any atom is -0.391 e. The maximum atomic E-state index is 13.6. The second kappa shape index (κ2) is 12.6. The third-order valence-electron chi connectivity index (χ3n) is 6.57. The first-order valence-corrected chi connectivity index (χ1v) is 13.6. The SMILES string of the molecule is Cc1ncsc1-c1ccc(CNC(=O)[C@@H]2C[C@@H](O)CN2C(=O)[C@@H](NC(=O)CCCCN)C(C)(C)C)cc1. The Hall–Kier alpha value is -2.82. The van der Waals surface area contributed by atoms with Crippen LogP contribution in [0.5, 0.6) is 0 Å². The lowest BCUT2D eigenvalue weighted by Gasteiger charge is -2.35. The Morgan fingerprint density at radius 2 is 1.92 bits per heavy atom. The number of nitrogens with two attached hydrogens (primary N) is 1. The molecule has 0 spiro atoms. The Morgan fingerprint density at radius 1 is 1.22 bits per heavy atom. The van der Waals surface area contributed by atoms with Crippen molar-refractivity contribution in [2.75, 3.05) is 13.1 Å². The molecule has 0 aliphatic carbocycles. The van der Waals surface area contributed by atoms with Crippen LogP contribution >= 0.6 is 11.3 Å². The van der Waals surface area contributed by atoms with Gasteiger partial charge in [-0.3, -0.25) is 14.4 Å². The van der Waals surface area contributed by atoms with Gasteiger partial charge in [-0.2, -0.15) is 0 Å². The van der Waals surface area contributed by atoms with Gasteiger partial charge in [0.05, 0.1) is 22.2 Å². The molecule has 1 aromatic heterocycles. The minimum atomic E-state index is -0.818. The van der Waals surface area contributed by atoms with Gasteiger partial charge < -0.3 is 26.4 Å². The maximum absolute atomic E-state index is 13.6. The number of aliphatic hydroxyl groups is 1. The minimum absolute atomic E-state index is 0.0510. The number of amides is 3. The summed E-state index contributed by atoms with van der Waals surface area (Å²) in [6.45, 7) is 8.44. The first-order chi connectivity index (χ1) is 17.5. The first kappa shape index (κ1) is 28.7. The summed E-state index contributed by atoms with van der Waals surface area (Å²) in [6, 6.07) is 6.29. The first-order valence-electron chi connectivity index (χ1n) is 12.8. The summed E-state index contributed by atoms with van der Waals surface area (Å²) in [5, 5.41) is 16.1. The van der Waals surface area contributed by atoms with Crippen LogP contribution in [0.3, 0.4) is 0 Å². The molecular weight excluding hydrogens is 490 g/mol. The number of benzene rings is 1. The number of likely N-dealkylation sites (tertiary alicyclic amines) is 1. The molecule has 1 aliphatic heterocycles. The highest BCUT2D eigenvalue weighted by Crippen LogP contribution is 2.28.